The van der Waals surface area contributed by atoms with Crippen molar-refractivity contribution in [2.24, 2.45) is 0 Å². The van der Waals surface area contributed by atoms with Crippen LogP contribution in [0.15, 0.2) is 66.4 Å². The number of aromatic nitrogens is 8. The lowest BCUT2D eigenvalue weighted by molar-refractivity contribution is 0.479. The minimum absolute atomic E-state index is 0.220. The van der Waals surface area contributed by atoms with Crippen LogP contribution in [0.3, 0.4) is 0 Å². The van der Waals surface area contributed by atoms with Crippen LogP contribution in [0.2, 0.25) is 0 Å². The van der Waals surface area contributed by atoms with Crippen molar-refractivity contribution in [3.05, 3.63) is 88.7 Å². The maximum atomic E-state index is 5.61. The van der Waals surface area contributed by atoms with E-state index in [-0.39, 0.29) is 21.7 Å². The van der Waals surface area contributed by atoms with Crippen LogP contribution >= 0.6 is 63.7 Å². The third kappa shape index (κ3) is 6.44. The molecule has 0 saturated carbocycles. The summed E-state index contributed by atoms with van der Waals surface area (Å²) in [6.07, 6.45) is 0. The molecule has 0 amide bonds. The summed E-state index contributed by atoms with van der Waals surface area (Å²) in [4.78, 5) is 39.6. The first kappa shape index (κ1) is 41.5. The Morgan fingerprint density at radius 1 is 0.367 bits per heavy atom. The number of halogens is 4. The molecule has 0 radical (unpaired) electrons. The molecule has 7 aromatic rings. The Hall–Kier alpha value is -3.84. The van der Waals surface area contributed by atoms with E-state index in [0.29, 0.717) is 45.9 Å². The maximum absolute atomic E-state index is 5.61. The van der Waals surface area contributed by atoms with E-state index in [9.17, 15) is 0 Å². The molecule has 0 spiro atoms. The molecule has 4 aromatic carbocycles. The van der Waals surface area contributed by atoms with E-state index in [0.717, 1.165) is 61.7 Å². The Balaban J connectivity index is 1.62. The van der Waals surface area contributed by atoms with Gasteiger partial charge in [0.25, 0.3) is 0 Å². The van der Waals surface area contributed by atoms with Crippen LogP contribution in [0.4, 0.5) is 0 Å². The fourth-order valence-electron chi connectivity index (χ4n) is 9.06. The van der Waals surface area contributed by atoms with Gasteiger partial charge in [-0.15, -0.1) is 0 Å². The molecule has 306 valence electrons. The highest BCUT2D eigenvalue weighted by atomic mass is 79.9. The molecule has 12 heteroatoms. The van der Waals surface area contributed by atoms with Crippen molar-refractivity contribution >= 4 is 108 Å². The Labute approximate surface area is 383 Å². The second-order valence-corrected chi connectivity index (χ2v) is 23.1. The Morgan fingerprint density at radius 3 is 1.08 bits per heavy atom. The topological polar surface area (TPSA) is 109 Å². The molecule has 8 bridgehead atoms. The highest BCUT2D eigenvalue weighted by Crippen LogP contribution is 2.55. The normalized spacial score (nSPS) is 13.3. The predicted molar refractivity (Wildman–Crippen MR) is 262 cm³/mol. The predicted octanol–water partition coefficient (Wildman–Crippen LogP) is 15.1. The minimum Gasteiger partial charge on any atom is -0.324 e. The van der Waals surface area contributed by atoms with E-state index < -0.39 is 0 Å². The van der Waals surface area contributed by atoms with Crippen LogP contribution in [-0.2, 0) is 21.7 Å². The number of benzene rings is 4. The molecule has 0 unspecified atom stereocenters. The van der Waals surface area contributed by atoms with Crippen LogP contribution in [0, 0.1) is 0 Å². The van der Waals surface area contributed by atoms with E-state index >= 15 is 0 Å². The van der Waals surface area contributed by atoms with Gasteiger partial charge in [0, 0.05) is 61.7 Å². The molecule has 0 saturated heterocycles. The van der Waals surface area contributed by atoms with Crippen molar-refractivity contribution in [1.29, 1.82) is 0 Å². The van der Waals surface area contributed by atoms with Gasteiger partial charge in [-0.3, -0.25) is 0 Å². The summed E-state index contributed by atoms with van der Waals surface area (Å²) in [7, 11) is 0. The lowest BCUT2D eigenvalue weighted by Gasteiger charge is -2.42. The average Bonchev–Trinajstić information content (AvgIpc) is 3.89. The second kappa shape index (κ2) is 13.8. The molecule has 5 heterocycles. The smallest absolute Gasteiger partial charge is 0.165 e. The summed E-state index contributed by atoms with van der Waals surface area (Å²) >= 11 is 15.6. The molecular formula is C48H46Br4N8. The third-order valence-electron chi connectivity index (χ3n) is 11.3. The number of aromatic amines is 2. The van der Waals surface area contributed by atoms with Crippen molar-refractivity contribution in [3.8, 4) is 45.6 Å². The Kier molecular flexibility index (Phi) is 9.57. The quantitative estimate of drug-likeness (QED) is 0.116. The van der Waals surface area contributed by atoms with Gasteiger partial charge in [-0.25, -0.2) is 29.9 Å². The van der Waals surface area contributed by atoms with E-state index in [1.807, 2.05) is 36.4 Å². The standard InChI is InChI=1S/C48H46Br4N8/c1-45(2,3)29-25-26(30(46(4,5)6)32(48(10,11)12)31(29)47(7,8)9)42-58-41(25)56-39-23-19-15-13-17-21(23)37(54-39)53-38-22-18-14-16-20-24(22)40(55-38)57-43-27-28(44(59-42)60-43)34(50)36(52)35(51)33(27)49/h13-20H,1-12H3,(H2,53,54,55,56,57,58,59,60). The fourth-order valence-corrected chi connectivity index (χ4v) is 11.6. The van der Waals surface area contributed by atoms with Gasteiger partial charge in [0.15, 0.2) is 23.3 Å². The van der Waals surface area contributed by atoms with Crippen LogP contribution < -0.4 is 0 Å². The number of hydrogen-bond donors (Lipinski definition) is 2. The van der Waals surface area contributed by atoms with Crippen LogP contribution in [0.5, 0.6) is 0 Å². The molecule has 9 rings (SSSR count). The number of fused-ring (bicyclic) bond motifs is 20. The summed E-state index contributed by atoms with van der Waals surface area (Å²) in [5.74, 6) is 2.31. The number of hydrogen-bond acceptors (Lipinski definition) is 6. The van der Waals surface area contributed by atoms with Gasteiger partial charge in [-0.05, 0) is 108 Å². The first-order valence-electron chi connectivity index (χ1n) is 20.1. The zero-order valence-corrected chi connectivity index (χ0v) is 42.2. The summed E-state index contributed by atoms with van der Waals surface area (Å²) in [5, 5.41) is 3.55. The van der Waals surface area contributed by atoms with Crippen molar-refractivity contribution < 1.29 is 0 Å². The lowest BCUT2D eigenvalue weighted by atomic mass is 9.61. The fraction of sp³-hybridized carbons (Fsp3) is 0.333. The summed E-state index contributed by atoms with van der Waals surface area (Å²) in [6.45, 7) is 27.9. The summed E-state index contributed by atoms with van der Waals surface area (Å²) in [5.41, 5.74) is 10.4. The minimum atomic E-state index is -0.309. The zero-order valence-electron chi connectivity index (χ0n) is 35.8. The Morgan fingerprint density at radius 2 is 0.683 bits per heavy atom. The summed E-state index contributed by atoms with van der Waals surface area (Å²) < 4.78 is 3.32. The van der Waals surface area contributed by atoms with Crippen molar-refractivity contribution in [2.45, 2.75) is 105 Å². The SMILES string of the molecule is CC(C)(C)c1c2c(c(C(C)(C)C)c(C(C)(C)C)c1C(C)(C)C)-c1nc-2nc2[nH]c(nc3nc(nc4[nH]c(n1)c1c(Br)c(Br)c(Br)c(Br)c41)-c1ccccc1-3)c1ccccc21. The van der Waals surface area contributed by atoms with E-state index in [1.54, 1.807) is 0 Å². The maximum Gasteiger partial charge on any atom is 0.165 e. The first-order valence-corrected chi connectivity index (χ1v) is 23.3. The molecule has 2 aliphatic heterocycles. The van der Waals surface area contributed by atoms with Gasteiger partial charge in [0.1, 0.15) is 22.6 Å². The van der Waals surface area contributed by atoms with Gasteiger partial charge in [-0.1, -0.05) is 132 Å². The van der Waals surface area contributed by atoms with Crippen molar-refractivity contribution in [2.75, 3.05) is 0 Å². The molecule has 0 fully saturated rings. The molecule has 0 aliphatic carbocycles. The summed E-state index contributed by atoms with van der Waals surface area (Å²) in [6, 6.07) is 16.3. The Bertz CT molecular complexity index is 3190. The number of nitrogens with one attached hydrogen (secondary N) is 2. The molecule has 2 N–H and O–H groups in total. The number of nitrogens with zero attached hydrogens (tertiary/aromatic N) is 6. The van der Waals surface area contributed by atoms with E-state index in [2.05, 4.69) is 169 Å². The molecule has 60 heavy (non-hydrogen) atoms. The van der Waals surface area contributed by atoms with Crippen LogP contribution in [0.25, 0.3) is 89.7 Å². The van der Waals surface area contributed by atoms with Crippen LogP contribution in [0.1, 0.15) is 105 Å². The van der Waals surface area contributed by atoms with E-state index in [4.69, 9.17) is 29.9 Å². The molecule has 3 aromatic heterocycles. The van der Waals surface area contributed by atoms with Gasteiger partial charge in [-0.2, -0.15) is 0 Å². The second-order valence-electron chi connectivity index (χ2n) is 20.0. The number of rotatable bonds is 0. The molecule has 2 aliphatic rings. The van der Waals surface area contributed by atoms with Crippen molar-refractivity contribution in [3.63, 3.8) is 0 Å². The van der Waals surface area contributed by atoms with Gasteiger partial charge in [0.2, 0.25) is 0 Å². The molecular weight excluding hydrogens is 1010 g/mol. The van der Waals surface area contributed by atoms with Gasteiger partial charge in [0.05, 0.1) is 0 Å². The van der Waals surface area contributed by atoms with Gasteiger partial charge < -0.3 is 9.97 Å². The highest BCUT2D eigenvalue weighted by Gasteiger charge is 2.43. The average molecular weight is 1050 g/mol. The molecule has 8 nitrogen and oxygen atoms in total. The zero-order chi connectivity index (χ0) is 43.2. The number of H-pyrrole nitrogens is 2. The molecule has 0 atom stereocenters. The van der Waals surface area contributed by atoms with E-state index in [1.165, 1.54) is 22.3 Å². The first-order chi connectivity index (χ1) is 28.0. The van der Waals surface area contributed by atoms with Crippen LogP contribution in [-0.4, -0.2) is 39.9 Å². The third-order valence-corrected chi connectivity index (χ3v) is 16.1. The van der Waals surface area contributed by atoms with Crippen molar-refractivity contribution in [1.82, 2.24) is 39.9 Å². The lowest BCUT2D eigenvalue weighted by Crippen LogP contribution is -2.33. The highest BCUT2D eigenvalue weighted by molar-refractivity contribution is 9.15. The monoisotopic (exact) mass is 1050 g/mol. The largest absolute Gasteiger partial charge is 0.324 e. The van der Waals surface area contributed by atoms with Gasteiger partial charge >= 0.3 is 0 Å².